The summed E-state index contributed by atoms with van der Waals surface area (Å²) in [5, 5.41) is 5.89. The van der Waals surface area contributed by atoms with Crippen molar-refractivity contribution in [3.8, 4) is 0 Å². The summed E-state index contributed by atoms with van der Waals surface area (Å²) in [6, 6.07) is 8.77. The molecule has 1 aromatic carbocycles. The summed E-state index contributed by atoms with van der Waals surface area (Å²) >= 11 is 2.43. The van der Waals surface area contributed by atoms with Gasteiger partial charge in [-0.3, -0.25) is 19.0 Å². The minimum Gasteiger partial charge on any atom is -0.366 e. The van der Waals surface area contributed by atoms with Gasteiger partial charge in [0.1, 0.15) is 5.00 Å². The number of para-hydroxylation sites is 1. The van der Waals surface area contributed by atoms with Crippen molar-refractivity contribution in [2.75, 3.05) is 11.1 Å². The Hall–Kier alpha value is -2.65. The molecule has 0 aliphatic heterocycles. The molecule has 0 radical (unpaired) electrons. The molecule has 3 rings (SSSR count). The lowest BCUT2D eigenvalue weighted by Gasteiger charge is -2.14. The lowest BCUT2D eigenvalue weighted by molar-refractivity contribution is -0.113. The molecular formula is C20H22N4O3S2. The second-order valence-corrected chi connectivity index (χ2v) is 8.77. The fourth-order valence-corrected chi connectivity index (χ4v) is 4.37. The number of anilines is 1. The Morgan fingerprint density at radius 3 is 2.76 bits per heavy atom. The SMILES string of the molecule is CC(C)CCn1c(SCC(=O)Nc2sccc2C(N)=O)nc2ccccc2c1=O. The maximum Gasteiger partial charge on any atom is 0.262 e. The van der Waals surface area contributed by atoms with Crippen LogP contribution in [0.4, 0.5) is 5.00 Å². The zero-order chi connectivity index (χ0) is 21.0. The fraction of sp³-hybridized carbons (Fsp3) is 0.300. The van der Waals surface area contributed by atoms with Crippen LogP contribution in [0.2, 0.25) is 0 Å². The third-order valence-electron chi connectivity index (χ3n) is 4.27. The van der Waals surface area contributed by atoms with E-state index in [-0.39, 0.29) is 22.8 Å². The van der Waals surface area contributed by atoms with Crippen LogP contribution < -0.4 is 16.6 Å². The third-order valence-corrected chi connectivity index (χ3v) is 6.08. The highest BCUT2D eigenvalue weighted by molar-refractivity contribution is 7.99. The fourth-order valence-electron chi connectivity index (χ4n) is 2.74. The topological polar surface area (TPSA) is 107 Å². The number of benzene rings is 1. The van der Waals surface area contributed by atoms with Gasteiger partial charge < -0.3 is 11.1 Å². The van der Waals surface area contributed by atoms with Gasteiger partial charge in [0.2, 0.25) is 5.91 Å². The van der Waals surface area contributed by atoms with Gasteiger partial charge in [-0.15, -0.1) is 11.3 Å². The summed E-state index contributed by atoms with van der Waals surface area (Å²) in [5.41, 5.74) is 6.10. The minimum atomic E-state index is -0.590. The molecule has 0 bridgehead atoms. The number of thioether (sulfide) groups is 1. The van der Waals surface area contributed by atoms with Gasteiger partial charge in [0.15, 0.2) is 5.16 Å². The first-order chi connectivity index (χ1) is 13.9. The third kappa shape index (κ3) is 5.04. The number of hydrogen-bond acceptors (Lipinski definition) is 6. The molecule has 0 fully saturated rings. The number of aromatic nitrogens is 2. The Labute approximate surface area is 176 Å². The van der Waals surface area contributed by atoms with E-state index in [0.717, 1.165) is 6.42 Å². The maximum atomic E-state index is 12.9. The predicted octanol–water partition coefficient (Wildman–Crippen LogP) is 3.33. The normalized spacial score (nSPS) is 11.1. The summed E-state index contributed by atoms with van der Waals surface area (Å²) in [5.74, 6) is -0.394. The number of nitrogens with zero attached hydrogens (tertiary/aromatic N) is 2. The van der Waals surface area contributed by atoms with Crippen LogP contribution >= 0.6 is 23.1 Å². The quantitative estimate of drug-likeness (QED) is 0.421. The number of amides is 2. The summed E-state index contributed by atoms with van der Waals surface area (Å²) in [4.78, 5) is 41.3. The number of primary amides is 1. The van der Waals surface area contributed by atoms with E-state index in [1.54, 1.807) is 28.1 Å². The Bertz CT molecular complexity index is 1100. The molecule has 9 heteroatoms. The van der Waals surface area contributed by atoms with E-state index in [9.17, 15) is 14.4 Å². The van der Waals surface area contributed by atoms with Crippen molar-refractivity contribution in [1.82, 2.24) is 9.55 Å². The number of nitrogens with one attached hydrogen (secondary N) is 1. The van der Waals surface area contributed by atoms with Crippen molar-refractivity contribution >= 4 is 50.8 Å². The van der Waals surface area contributed by atoms with Gasteiger partial charge in [0, 0.05) is 6.54 Å². The highest BCUT2D eigenvalue weighted by atomic mass is 32.2. The van der Waals surface area contributed by atoms with Crippen LogP contribution in [0.15, 0.2) is 45.7 Å². The molecule has 7 nitrogen and oxygen atoms in total. The molecular weight excluding hydrogens is 408 g/mol. The minimum absolute atomic E-state index is 0.0581. The van der Waals surface area contributed by atoms with Crippen molar-refractivity contribution in [2.45, 2.75) is 32.0 Å². The summed E-state index contributed by atoms with van der Waals surface area (Å²) in [6.45, 7) is 4.73. The van der Waals surface area contributed by atoms with E-state index in [2.05, 4.69) is 24.1 Å². The van der Waals surface area contributed by atoms with E-state index in [1.807, 2.05) is 12.1 Å². The first-order valence-electron chi connectivity index (χ1n) is 9.16. The zero-order valence-corrected chi connectivity index (χ0v) is 17.8. The number of thiophene rings is 1. The number of carbonyl (C=O) groups is 2. The first kappa shape index (κ1) is 21.1. The first-order valence-corrected chi connectivity index (χ1v) is 11.0. The van der Waals surface area contributed by atoms with Gasteiger partial charge in [-0.1, -0.05) is 37.7 Å². The molecule has 2 amide bonds. The van der Waals surface area contributed by atoms with Crippen molar-refractivity contribution in [1.29, 1.82) is 0 Å². The lowest BCUT2D eigenvalue weighted by Crippen LogP contribution is -2.25. The van der Waals surface area contributed by atoms with Crippen LogP contribution in [0.3, 0.4) is 0 Å². The van der Waals surface area contributed by atoms with Crippen molar-refractivity contribution < 1.29 is 9.59 Å². The molecule has 3 aromatic rings. The average molecular weight is 431 g/mol. The summed E-state index contributed by atoms with van der Waals surface area (Å²) < 4.78 is 1.64. The van der Waals surface area contributed by atoms with E-state index in [0.29, 0.717) is 33.5 Å². The maximum absolute atomic E-state index is 12.9. The van der Waals surface area contributed by atoms with Crippen LogP contribution in [-0.2, 0) is 11.3 Å². The molecule has 2 heterocycles. The van der Waals surface area contributed by atoms with Gasteiger partial charge in [-0.2, -0.15) is 0 Å². The highest BCUT2D eigenvalue weighted by Crippen LogP contribution is 2.24. The van der Waals surface area contributed by atoms with E-state index < -0.39 is 5.91 Å². The van der Waals surface area contributed by atoms with Crippen molar-refractivity contribution in [3.05, 3.63) is 51.6 Å². The van der Waals surface area contributed by atoms with Gasteiger partial charge >= 0.3 is 0 Å². The largest absolute Gasteiger partial charge is 0.366 e. The average Bonchev–Trinajstić information content (AvgIpc) is 3.14. The van der Waals surface area contributed by atoms with Crippen LogP contribution in [0, 0.1) is 5.92 Å². The molecule has 2 aromatic heterocycles. The van der Waals surface area contributed by atoms with Crippen molar-refractivity contribution in [2.24, 2.45) is 11.7 Å². The molecule has 0 atom stereocenters. The van der Waals surface area contributed by atoms with Crippen LogP contribution in [0.25, 0.3) is 10.9 Å². The van der Waals surface area contributed by atoms with Gasteiger partial charge in [0.25, 0.3) is 11.5 Å². The van der Waals surface area contributed by atoms with E-state index in [4.69, 9.17) is 5.73 Å². The molecule has 0 unspecified atom stereocenters. The Morgan fingerprint density at radius 1 is 1.28 bits per heavy atom. The zero-order valence-electron chi connectivity index (χ0n) is 16.2. The molecule has 152 valence electrons. The number of carbonyl (C=O) groups excluding carboxylic acids is 2. The molecule has 0 aliphatic rings. The second kappa shape index (κ2) is 9.23. The summed E-state index contributed by atoms with van der Waals surface area (Å²) in [7, 11) is 0. The Balaban J connectivity index is 1.81. The monoisotopic (exact) mass is 430 g/mol. The van der Waals surface area contributed by atoms with Gasteiger partial charge in [-0.25, -0.2) is 4.98 Å². The lowest BCUT2D eigenvalue weighted by atomic mass is 10.1. The number of nitrogens with two attached hydrogens (primary N) is 1. The van der Waals surface area contributed by atoms with Crippen LogP contribution in [-0.4, -0.2) is 27.1 Å². The number of fused-ring (bicyclic) bond motifs is 1. The molecule has 0 saturated heterocycles. The van der Waals surface area contributed by atoms with Crippen LogP contribution in [0.5, 0.6) is 0 Å². The molecule has 0 saturated carbocycles. The molecule has 3 N–H and O–H groups in total. The standard InChI is InChI=1S/C20H22N4O3S2/c1-12(2)7-9-24-19(27)13-5-3-4-6-15(13)22-20(24)29-11-16(25)23-18-14(17(21)26)8-10-28-18/h3-6,8,10,12H,7,9,11H2,1-2H3,(H2,21,26)(H,23,25). The number of hydrogen-bond donors (Lipinski definition) is 2. The van der Waals surface area contributed by atoms with Crippen molar-refractivity contribution in [3.63, 3.8) is 0 Å². The predicted molar refractivity (Wildman–Crippen MR) is 118 cm³/mol. The molecule has 0 spiro atoms. The number of rotatable bonds is 8. The summed E-state index contributed by atoms with van der Waals surface area (Å²) in [6.07, 6.45) is 0.830. The molecule has 29 heavy (non-hydrogen) atoms. The Morgan fingerprint density at radius 2 is 2.03 bits per heavy atom. The van der Waals surface area contributed by atoms with Crippen LogP contribution in [0.1, 0.15) is 30.6 Å². The highest BCUT2D eigenvalue weighted by Gasteiger charge is 2.16. The second-order valence-electron chi connectivity index (χ2n) is 6.92. The smallest absolute Gasteiger partial charge is 0.262 e. The van der Waals surface area contributed by atoms with Gasteiger partial charge in [0.05, 0.1) is 22.2 Å². The molecule has 0 aliphatic carbocycles. The Kier molecular flexibility index (Phi) is 6.71. The van der Waals surface area contributed by atoms with Gasteiger partial charge in [-0.05, 0) is 35.9 Å². The van der Waals surface area contributed by atoms with E-state index in [1.165, 1.54) is 23.1 Å². The van der Waals surface area contributed by atoms with E-state index >= 15 is 0 Å².